The van der Waals surface area contributed by atoms with Crippen LogP contribution in [-0.4, -0.2) is 19.6 Å². The first kappa shape index (κ1) is 32.4. The molecule has 338 valence electrons. The third-order valence-electron chi connectivity index (χ3n) is 12.5. The van der Waals surface area contributed by atoms with Crippen molar-refractivity contribution in [1.29, 1.82) is 0 Å². The number of hydrogen-bond donors (Lipinski definition) is 1. The van der Waals surface area contributed by atoms with Crippen molar-refractivity contribution in [2.24, 2.45) is 0 Å². The lowest BCUT2D eigenvalue weighted by molar-refractivity contribution is 0.466. The first-order valence-corrected chi connectivity index (χ1v) is 22.5. The number of fused-ring (bicyclic) bond motifs is 1. The van der Waals surface area contributed by atoms with Gasteiger partial charge in [-0.3, -0.25) is 9.55 Å². The molecule has 0 aliphatic heterocycles. The monoisotopic (exact) mass is 885 g/mol. The standard InChI is InChI=1S/C62H69N3O/c1-37(2)44-34-53(40(7)8)59(66)54(35-44)60-64-58-52(19-16-20-56(58)65(60)49-27-23-42(24-28-49)57-50(38(3)4)17-15-18-51(57)39(5)6)45-31-46(33-48(32-45)62(12,13)14)55-36-43(29-30-63-55)41-21-25-47(26-22-41)61(9,10)11/h15-40,66H,1-14H3/i9D3,10D3,11D3,37D,38D,39D,40D. The van der Waals surface area contributed by atoms with E-state index in [0.29, 0.717) is 56.1 Å². The van der Waals surface area contributed by atoms with Crippen molar-refractivity contribution in [2.75, 3.05) is 0 Å². The smallest absolute Gasteiger partial charge is 0.149 e. The number of aromatic hydroxyl groups is 1. The molecule has 6 aromatic carbocycles. The summed E-state index contributed by atoms with van der Waals surface area (Å²) in [6.07, 6.45) is 1.64. The zero-order valence-corrected chi connectivity index (χ0v) is 40.0. The summed E-state index contributed by atoms with van der Waals surface area (Å²) in [7, 11) is 0. The molecule has 2 heterocycles. The van der Waals surface area contributed by atoms with Crippen LogP contribution in [0.3, 0.4) is 0 Å². The van der Waals surface area contributed by atoms with E-state index in [9.17, 15) is 5.11 Å². The van der Waals surface area contributed by atoms with Gasteiger partial charge in [-0.05, 0) is 144 Å². The van der Waals surface area contributed by atoms with Gasteiger partial charge in [-0.25, -0.2) is 4.98 Å². The van der Waals surface area contributed by atoms with Crippen molar-refractivity contribution in [3.05, 3.63) is 167 Å². The Morgan fingerprint density at radius 1 is 0.545 bits per heavy atom. The Morgan fingerprint density at radius 3 is 1.77 bits per heavy atom. The van der Waals surface area contributed by atoms with E-state index in [1.807, 2.05) is 105 Å². The average molecular weight is 885 g/mol. The van der Waals surface area contributed by atoms with E-state index in [2.05, 4.69) is 32.9 Å². The second-order valence-corrected chi connectivity index (χ2v) is 19.4. The van der Waals surface area contributed by atoms with Gasteiger partial charge < -0.3 is 5.11 Å². The van der Waals surface area contributed by atoms with Crippen molar-refractivity contribution < 1.29 is 22.9 Å². The van der Waals surface area contributed by atoms with Crippen LogP contribution in [0.25, 0.3) is 72.7 Å². The molecule has 0 atom stereocenters. The lowest BCUT2D eigenvalue weighted by atomic mass is 9.83. The van der Waals surface area contributed by atoms with Crippen LogP contribution in [0.1, 0.15) is 171 Å². The summed E-state index contributed by atoms with van der Waals surface area (Å²) in [6.45, 7) is 10.5. The molecule has 0 fully saturated rings. The average Bonchev–Trinajstić information content (AvgIpc) is 3.94. The van der Waals surface area contributed by atoms with Gasteiger partial charge in [-0.2, -0.15) is 0 Å². The van der Waals surface area contributed by atoms with E-state index < -0.39 is 49.5 Å². The fraction of sp³-hybridized carbons (Fsp3) is 0.323. The van der Waals surface area contributed by atoms with Crippen molar-refractivity contribution in [3.63, 3.8) is 0 Å². The number of para-hydroxylation sites is 1. The molecule has 2 aromatic heterocycles. The summed E-state index contributed by atoms with van der Waals surface area (Å²) >= 11 is 0. The summed E-state index contributed by atoms with van der Waals surface area (Å²) in [6, 6.07) is 38.6. The predicted molar refractivity (Wildman–Crippen MR) is 281 cm³/mol. The Balaban J connectivity index is 1.35. The van der Waals surface area contributed by atoms with Gasteiger partial charge in [0.05, 0.1) is 22.3 Å². The highest BCUT2D eigenvalue weighted by atomic mass is 16.3. The molecule has 0 aliphatic rings. The number of phenols is 1. The number of aromatic nitrogens is 3. The van der Waals surface area contributed by atoms with Gasteiger partial charge >= 0.3 is 0 Å². The van der Waals surface area contributed by atoms with Crippen LogP contribution in [0, 0.1) is 0 Å². The molecule has 0 saturated carbocycles. The molecule has 0 aliphatic carbocycles. The number of rotatable bonds is 10. The molecule has 0 amide bonds. The molecule has 0 saturated heterocycles. The Hall–Kier alpha value is -6.26. The van der Waals surface area contributed by atoms with Gasteiger partial charge in [0.2, 0.25) is 0 Å². The van der Waals surface area contributed by atoms with Gasteiger partial charge in [0.1, 0.15) is 11.6 Å². The van der Waals surface area contributed by atoms with Gasteiger partial charge in [-0.1, -0.05) is 176 Å². The molecule has 0 radical (unpaired) electrons. The zero-order chi connectivity index (χ0) is 58.6. The maximum absolute atomic E-state index is 12.4. The molecular formula is C62H69N3O. The quantitative estimate of drug-likeness (QED) is 0.149. The Labute approximate surface area is 413 Å². The van der Waals surface area contributed by atoms with Crippen molar-refractivity contribution in [2.45, 2.75) is 131 Å². The fourth-order valence-electron chi connectivity index (χ4n) is 8.77. The Bertz CT molecular complexity index is 3520. The molecular weight excluding hydrogens is 803 g/mol. The highest BCUT2D eigenvalue weighted by molar-refractivity contribution is 5.97. The molecule has 8 aromatic rings. The van der Waals surface area contributed by atoms with Gasteiger partial charge in [0.25, 0.3) is 0 Å². The second-order valence-electron chi connectivity index (χ2n) is 19.4. The summed E-state index contributed by atoms with van der Waals surface area (Å²) in [5.74, 6) is -4.06. The summed E-state index contributed by atoms with van der Waals surface area (Å²) in [5.41, 5.74) is 7.84. The number of imidazole rings is 1. The Morgan fingerprint density at radius 2 is 1.17 bits per heavy atom. The van der Waals surface area contributed by atoms with Crippen molar-refractivity contribution in [1.82, 2.24) is 14.5 Å². The maximum atomic E-state index is 12.4. The van der Waals surface area contributed by atoms with E-state index in [4.69, 9.17) is 27.8 Å². The third kappa shape index (κ3) is 9.00. The highest BCUT2D eigenvalue weighted by Gasteiger charge is 2.25. The number of hydrogen-bond acceptors (Lipinski definition) is 3. The number of benzene rings is 6. The zero-order valence-electron chi connectivity index (χ0n) is 53.0. The number of phenolic OH excluding ortho intramolecular Hbond substituents is 1. The molecule has 66 heavy (non-hydrogen) atoms. The molecule has 8 rings (SSSR count). The normalized spacial score (nSPS) is 16.5. The number of pyridine rings is 1. The maximum Gasteiger partial charge on any atom is 0.149 e. The minimum atomic E-state index is -3.39. The van der Waals surface area contributed by atoms with Crippen LogP contribution in [-0.2, 0) is 10.8 Å². The van der Waals surface area contributed by atoms with Gasteiger partial charge in [0.15, 0.2) is 0 Å². The third-order valence-corrected chi connectivity index (χ3v) is 12.5. The fourth-order valence-corrected chi connectivity index (χ4v) is 8.77. The summed E-state index contributed by atoms with van der Waals surface area (Å²) in [4.78, 5) is 10.3. The second kappa shape index (κ2) is 17.9. The van der Waals surface area contributed by atoms with Crippen LogP contribution in [0.15, 0.2) is 134 Å². The lowest BCUT2D eigenvalue weighted by Crippen LogP contribution is -2.11. The molecule has 0 bridgehead atoms. The van der Waals surface area contributed by atoms with Gasteiger partial charge in [-0.15, -0.1) is 0 Å². The molecule has 0 spiro atoms. The van der Waals surface area contributed by atoms with Crippen LogP contribution in [0.2, 0.25) is 0 Å². The van der Waals surface area contributed by atoms with Crippen LogP contribution in [0.5, 0.6) is 5.75 Å². The van der Waals surface area contributed by atoms with Crippen molar-refractivity contribution >= 4 is 11.0 Å². The van der Waals surface area contributed by atoms with E-state index in [-0.39, 0.29) is 16.7 Å². The largest absolute Gasteiger partial charge is 0.507 e. The van der Waals surface area contributed by atoms with E-state index in [0.717, 1.165) is 44.5 Å². The topological polar surface area (TPSA) is 50.9 Å². The number of nitrogens with zero attached hydrogens (tertiary/aromatic N) is 3. The highest BCUT2D eigenvalue weighted by Crippen LogP contribution is 2.44. The van der Waals surface area contributed by atoms with Crippen LogP contribution in [0.4, 0.5) is 0 Å². The molecule has 4 heteroatoms. The van der Waals surface area contributed by atoms with Crippen molar-refractivity contribution in [3.8, 4) is 67.5 Å². The molecule has 4 nitrogen and oxygen atoms in total. The van der Waals surface area contributed by atoms with E-state index in [1.165, 1.54) is 24.3 Å². The summed E-state index contributed by atoms with van der Waals surface area (Å²) < 4.78 is 112. The van der Waals surface area contributed by atoms with Crippen LogP contribution < -0.4 is 0 Å². The van der Waals surface area contributed by atoms with Gasteiger partial charge in [0, 0.05) is 40.8 Å². The molecule has 0 unspecified atom stereocenters. The SMILES string of the molecule is [2H]C(C)(C)c1cc(-c2nc3c(-c4cc(-c5cc(-c6ccc(C(C([2H])([2H])[2H])(C([2H])([2H])[2H])C([2H])([2H])[2H])cc6)ccn5)cc(C(C)(C)C)c4)cccc3n2-c2ccc(-c3c(C([2H])(C)C)cccc3C([2H])(C)C)cc2)c(O)c(C([2H])(C)C)c1. The summed E-state index contributed by atoms with van der Waals surface area (Å²) in [5, 5.41) is 12.4. The first-order valence-electron chi connectivity index (χ1n) is 29.0. The van der Waals surface area contributed by atoms with E-state index in [1.54, 1.807) is 52.1 Å². The first-order chi connectivity index (χ1) is 36.2. The minimum absolute atomic E-state index is 0.125. The van der Waals surface area contributed by atoms with Crippen LogP contribution >= 0.6 is 0 Å². The molecule has 1 N–H and O–H groups in total. The predicted octanol–water partition coefficient (Wildman–Crippen LogP) is 17.5. The Kier molecular flexibility index (Phi) is 8.77. The van der Waals surface area contributed by atoms with E-state index >= 15 is 0 Å². The minimum Gasteiger partial charge on any atom is -0.507 e. The lowest BCUT2D eigenvalue weighted by Gasteiger charge is -2.22.